The van der Waals surface area contributed by atoms with Crippen molar-refractivity contribution in [2.24, 2.45) is 0 Å². The molecule has 0 amide bonds. The second-order valence-electron chi connectivity index (χ2n) is 4.61. The van der Waals surface area contributed by atoms with Gasteiger partial charge in [0.1, 0.15) is 10.8 Å². The van der Waals surface area contributed by atoms with E-state index in [4.69, 9.17) is 4.52 Å². The highest BCUT2D eigenvalue weighted by Crippen LogP contribution is 2.34. The van der Waals surface area contributed by atoms with Crippen LogP contribution >= 0.6 is 11.5 Å². The minimum atomic E-state index is -0.252. The Labute approximate surface area is 125 Å². The molecule has 2 heterocycles. The molecule has 3 rings (SSSR count). The summed E-state index contributed by atoms with van der Waals surface area (Å²) in [6.45, 7) is 3.59. The van der Waals surface area contributed by atoms with Crippen molar-refractivity contribution in [3.8, 4) is 22.8 Å². The van der Waals surface area contributed by atoms with Gasteiger partial charge in [-0.05, 0) is 49.1 Å². The first-order valence-corrected chi connectivity index (χ1v) is 7.12. The van der Waals surface area contributed by atoms with Gasteiger partial charge in [0.15, 0.2) is 0 Å². The fourth-order valence-corrected chi connectivity index (χ4v) is 2.76. The Hall–Kier alpha value is -2.28. The Morgan fingerprint density at radius 1 is 1.29 bits per heavy atom. The maximum absolute atomic E-state index is 13.3. The summed E-state index contributed by atoms with van der Waals surface area (Å²) in [5, 5.41) is 7.90. The van der Waals surface area contributed by atoms with Crippen LogP contribution in [0.15, 0.2) is 22.7 Å². The Kier molecular flexibility index (Phi) is 3.42. The largest absolute Gasteiger partial charge is 0.378 e. The third-order valence-corrected chi connectivity index (χ3v) is 4.10. The summed E-state index contributed by atoms with van der Waals surface area (Å²) >= 11 is 1.34. The molecule has 2 aromatic heterocycles. The molecule has 0 atom stereocenters. The van der Waals surface area contributed by atoms with Crippen molar-refractivity contribution < 1.29 is 8.91 Å². The Morgan fingerprint density at radius 2 is 2.10 bits per heavy atom. The molecule has 0 aliphatic heterocycles. The van der Waals surface area contributed by atoms with Gasteiger partial charge in [-0.15, -0.1) is 0 Å². The van der Waals surface area contributed by atoms with Crippen molar-refractivity contribution in [1.82, 2.24) is 14.5 Å². The highest BCUT2D eigenvalue weighted by molar-refractivity contribution is 7.10. The van der Waals surface area contributed by atoms with E-state index in [0.29, 0.717) is 17.3 Å². The number of hydrogen-bond donors (Lipinski definition) is 1. The Bertz CT molecular complexity index is 796. The Balaban J connectivity index is 2.03. The lowest BCUT2D eigenvalue weighted by Crippen LogP contribution is -1.89. The van der Waals surface area contributed by atoms with Gasteiger partial charge >= 0.3 is 0 Å². The number of nitrogens with one attached hydrogen (secondary N) is 1. The molecule has 21 heavy (non-hydrogen) atoms. The molecule has 0 unspecified atom stereocenters. The van der Waals surface area contributed by atoms with Crippen molar-refractivity contribution in [2.45, 2.75) is 13.8 Å². The zero-order valence-electron chi connectivity index (χ0n) is 11.8. The third kappa shape index (κ3) is 2.40. The molecule has 1 N–H and O–H groups in total. The fourth-order valence-electron chi connectivity index (χ4n) is 2.02. The molecule has 0 aliphatic carbocycles. The summed E-state index contributed by atoms with van der Waals surface area (Å²) in [7, 11) is 1.82. The number of aryl methyl sites for hydroxylation is 2. The van der Waals surface area contributed by atoms with Crippen LogP contribution in [0, 0.1) is 19.7 Å². The topological polar surface area (TPSA) is 63.8 Å². The molecule has 7 heteroatoms. The first kappa shape index (κ1) is 13.7. The normalized spacial score (nSPS) is 10.9. The SMILES string of the molecule is CNc1snc(C)c1-c1nc(-c2ccc(F)c(C)c2)no1. The zero-order valence-corrected chi connectivity index (χ0v) is 12.6. The number of anilines is 1. The maximum Gasteiger partial charge on any atom is 0.263 e. The molecule has 0 aliphatic rings. The number of hydrogen-bond acceptors (Lipinski definition) is 6. The molecular weight excluding hydrogens is 291 g/mol. The van der Waals surface area contributed by atoms with E-state index >= 15 is 0 Å². The van der Waals surface area contributed by atoms with Crippen molar-refractivity contribution in [3.63, 3.8) is 0 Å². The van der Waals surface area contributed by atoms with Gasteiger partial charge in [0.05, 0.1) is 11.3 Å². The van der Waals surface area contributed by atoms with Crippen molar-refractivity contribution in [1.29, 1.82) is 0 Å². The van der Waals surface area contributed by atoms with Crippen LogP contribution in [0.4, 0.5) is 9.39 Å². The van der Waals surface area contributed by atoms with Crippen LogP contribution in [-0.4, -0.2) is 21.6 Å². The lowest BCUT2D eigenvalue weighted by molar-refractivity contribution is 0.432. The molecule has 5 nitrogen and oxygen atoms in total. The first-order valence-electron chi connectivity index (χ1n) is 6.34. The second-order valence-corrected chi connectivity index (χ2v) is 5.38. The monoisotopic (exact) mass is 304 g/mol. The number of halogens is 1. The summed E-state index contributed by atoms with van der Waals surface area (Å²) in [6, 6.07) is 4.73. The van der Waals surface area contributed by atoms with E-state index in [1.807, 2.05) is 14.0 Å². The predicted octanol–water partition coefficient (Wildman–Crippen LogP) is 3.66. The fraction of sp³-hybridized carbons (Fsp3) is 0.214. The van der Waals surface area contributed by atoms with Gasteiger partial charge in [0.25, 0.3) is 5.89 Å². The van der Waals surface area contributed by atoms with Gasteiger partial charge in [-0.1, -0.05) is 5.16 Å². The molecule has 0 saturated heterocycles. The van der Waals surface area contributed by atoms with Gasteiger partial charge in [0.2, 0.25) is 5.82 Å². The van der Waals surface area contributed by atoms with Gasteiger partial charge in [-0.2, -0.15) is 9.36 Å². The van der Waals surface area contributed by atoms with E-state index < -0.39 is 0 Å². The van der Waals surface area contributed by atoms with Crippen LogP contribution in [-0.2, 0) is 0 Å². The standard InChI is InChI=1S/C14H13FN4OS/c1-7-6-9(4-5-10(7)15)12-17-13(20-18-12)11-8(2)19-21-14(11)16-3/h4-6,16H,1-3H3. The molecule has 108 valence electrons. The summed E-state index contributed by atoms with van der Waals surface area (Å²) in [6.07, 6.45) is 0. The second kappa shape index (κ2) is 5.25. The lowest BCUT2D eigenvalue weighted by atomic mass is 10.1. The van der Waals surface area contributed by atoms with E-state index in [0.717, 1.165) is 21.8 Å². The third-order valence-electron chi connectivity index (χ3n) is 3.15. The van der Waals surface area contributed by atoms with Crippen LogP contribution in [0.2, 0.25) is 0 Å². The highest BCUT2D eigenvalue weighted by Gasteiger charge is 2.19. The zero-order chi connectivity index (χ0) is 15.0. The van der Waals surface area contributed by atoms with E-state index in [2.05, 4.69) is 19.8 Å². The van der Waals surface area contributed by atoms with E-state index in [1.54, 1.807) is 19.1 Å². The van der Waals surface area contributed by atoms with Crippen molar-refractivity contribution >= 4 is 16.5 Å². The summed E-state index contributed by atoms with van der Waals surface area (Å²) in [5.41, 5.74) is 2.90. The summed E-state index contributed by atoms with van der Waals surface area (Å²) in [4.78, 5) is 4.39. The molecular formula is C14H13FN4OS. The van der Waals surface area contributed by atoms with Gasteiger partial charge < -0.3 is 9.84 Å². The van der Waals surface area contributed by atoms with Crippen LogP contribution in [0.25, 0.3) is 22.8 Å². The van der Waals surface area contributed by atoms with E-state index in [9.17, 15) is 4.39 Å². The van der Waals surface area contributed by atoms with Gasteiger partial charge in [0, 0.05) is 12.6 Å². The number of rotatable bonds is 3. The van der Waals surface area contributed by atoms with Gasteiger partial charge in [-0.3, -0.25) is 0 Å². The molecule has 0 spiro atoms. The lowest BCUT2D eigenvalue weighted by Gasteiger charge is -1.98. The number of benzene rings is 1. The number of nitrogens with zero attached hydrogens (tertiary/aromatic N) is 3. The molecule has 1 aromatic carbocycles. The number of aromatic nitrogens is 3. The smallest absolute Gasteiger partial charge is 0.263 e. The van der Waals surface area contributed by atoms with Crippen molar-refractivity contribution in [2.75, 3.05) is 12.4 Å². The highest BCUT2D eigenvalue weighted by atomic mass is 32.1. The molecule has 0 bridgehead atoms. The quantitative estimate of drug-likeness (QED) is 0.800. The minimum Gasteiger partial charge on any atom is -0.378 e. The summed E-state index contributed by atoms with van der Waals surface area (Å²) < 4.78 is 22.9. The predicted molar refractivity (Wildman–Crippen MR) is 79.8 cm³/mol. The van der Waals surface area contributed by atoms with E-state index in [1.165, 1.54) is 17.6 Å². The van der Waals surface area contributed by atoms with E-state index in [-0.39, 0.29) is 5.82 Å². The average molecular weight is 304 g/mol. The summed E-state index contributed by atoms with van der Waals surface area (Å²) in [5.74, 6) is 0.584. The van der Waals surface area contributed by atoms with Crippen LogP contribution < -0.4 is 5.32 Å². The van der Waals surface area contributed by atoms with Crippen LogP contribution in [0.3, 0.4) is 0 Å². The van der Waals surface area contributed by atoms with Crippen molar-refractivity contribution in [3.05, 3.63) is 35.3 Å². The van der Waals surface area contributed by atoms with Gasteiger partial charge in [-0.25, -0.2) is 4.39 Å². The minimum absolute atomic E-state index is 0.252. The maximum atomic E-state index is 13.3. The Morgan fingerprint density at radius 3 is 2.81 bits per heavy atom. The van der Waals surface area contributed by atoms with Crippen LogP contribution in [0.5, 0.6) is 0 Å². The molecule has 0 fully saturated rings. The first-order chi connectivity index (χ1) is 10.1. The average Bonchev–Trinajstić information content (AvgIpc) is 3.08. The molecule has 3 aromatic rings. The molecule has 0 saturated carbocycles. The van der Waals surface area contributed by atoms with Crippen LogP contribution in [0.1, 0.15) is 11.3 Å². The molecule has 0 radical (unpaired) electrons.